The molecule has 0 aromatic rings. The van der Waals surface area contributed by atoms with E-state index in [1.54, 1.807) is 0 Å². The Kier molecular flexibility index (Phi) is 4.52. The summed E-state index contributed by atoms with van der Waals surface area (Å²) >= 11 is 0. The van der Waals surface area contributed by atoms with Crippen molar-refractivity contribution >= 4 is 0 Å². The summed E-state index contributed by atoms with van der Waals surface area (Å²) in [7, 11) is 0. The Morgan fingerprint density at radius 3 is 2.43 bits per heavy atom. The standard InChI is InChI=1S/C18H32N2O/c1-2-7-14(6-1)21-18-11-4-3-9-17(18)20-13-12-19-15-8-5-10-16(15)20/h14-19H,1-13H2/t15-,16-,17-,18+/m0/s1. The predicted octanol–water partition coefficient (Wildman–Crippen LogP) is 3.08. The molecule has 21 heavy (non-hydrogen) atoms. The first-order valence-corrected chi connectivity index (χ1v) is 9.56. The second kappa shape index (κ2) is 6.55. The SMILES string of the molecule is C1CCC(O[C@@H]2CCCC[C@@H]2N2CCN[C@H]3CCC[C@@H]32)C1. The van der Waals surface area contributed by atoms with Crippen LogP contribution in [0.1, 0.15) is 70.6 Å². The van der Waals surface area contributed by atoms with Crippen LogP contribution >= 0.6 is 0 Å². The van der Waals surface area contributed by atoms with E-state index in [4.69, 9.17) is 4.74 Å². The van der Waals surface area contributed by atoms with Gasteiger partial charge < -0.3 is 10.1 Å². The molecule has 4 atom stereocenters. The van der Waals surface area contributed by atoms with Gasteiger partial charge in [-0.05, 0) is 38.5 Å². The van der Waals surface area contributed by atoms with E-state index in [0.717, 1.165) is 12.1 Å². The third-order valence-electron chi connectivity index (χ3n) is 6.45. The van der Waals surface area contributed by atoms with Gasteiger partial charge in [-0.2, -0.15) is 0 Å². The average molecular weight is 292 g/mol. The first-order valence-electron chi connectivity index (χ1n) is 9.56. The van der Waals surface area contributed by atoms with Crippen LogP contribution in [0.25, 0.3) is 0 Å². The minimum Gasteiger partial charge on any atom is -0.373 e. The van der Waals surface area contributed by atoms with Crippen molar-refractivity contribution in [3.05, 3.63) is 0 Å². The van der Waals surface area contributed by atoms with Crippen LogP contribution in [0, 0.1) is 0 Å². The van der Waals surface area contributed by atoms with E-state index >= 15 is 0 Å². The molecule has 0 radical (unpaired) electrons. The monoisotopic (exact) mass is 292 g/mol. The summed E-state index contributed by atoms with van der Waals surface area (Å²) < 4.78 is 6.60. The van der Waals surface area contributed by atoms with Crippen LogP contribution in [0.2, 0.25) is 0 Å². The van der Waals surface area contributed by atoms with E-state index in [1.807, 2.05) is 0 Å². The Morgan fingerprint density at radius 2 is 1.52 bits per heavy atom. The number of ether oxygens (including phenoxy) is 1. The predicted molar refractivity (Wildman–Crippen MR) is 85.5 cm³/mol. The fourth-order valence-corrected chi connectivity index (χ4v) is 5.42. The molecular weight excluding hydrogens is 260 g/mol. The van der Waals surface area contributed by atoms with Crippen LogP contribution in [0.15, 0.2) is 0 Å². The molecule has 1 aliphatic heterocycles. The summed E-state index contributed by atoms with van der Waals surface area (Å²) in [6, 6.07) is 2.29. The average Bonchev–Trinajstić information content (AvgIpc) is 3.18. The lowest BCUT2D eigenvalue weighted by Crippen LogP contribution is -2.61. The minimum absolute atomic E-state index is 0.529. The molecule has 4 rings (SSSR count). The van der Waals surface area contributed by atoms with Crippen molar-refractivity contribution in [3.8, 4) is 0 Å². The van der Waals surface area contributed by atoms with Crippen LogP contribution in [0.3, 0.4) is 0 Å². The fourth-order valence-electron chi connectivity index (χ4n) is 5.42. The van der Waals surface area contributed by atoms with Gasteiger partial charge in [0.25, 0.3) is 0 Å². The molecule has 0 amide bonds. The molecule has 0 unspecified atom stereocenters. The smallest absolute Gasteiger partial charge is 0.0734 e. The lowest BCUT2D eigenvalue weighted by molar-refractivity contribution is -0.0875. The summed E-state index contributed by atoms with van der Waals surface area (Å²) in [5.41, 5.74) is 0. The maximum absolute atomic E-state index is 6.60. The second-order valence-corrected chi connectivity index (χ2v) is 7.73. The number of rotatable bonds is 3. The van der Waals surface area contributed by atoms with E-state index in [2.05, 4.69) is 10.2 Å². The highest BCUT2D eigenvalue weighted by molar-refractivity contribution is 4.99. The number of nitrogens with one attached hydrogen (secondary N) is 1. The zero-order chi connectivity index (χ0) is 14.1. The Morgan fingerprint density at radius 1 is 0.762 bits per heavy atom. The molecule has 1 heterocycles. The Bertz CT molecular complexity index is 342. The Labute approximate surface area is 129 Å². The third-order valence-corrected chi connectivity index (χ3v) is 6.45. The molecule has 120 valence electrons. The van der Waals surface area contributed by atoms with Crippen LogP contribution in [0.5, 0.6) is 0 Å². The first kappa shape index (κ1) is 14.5. The van der Waals surface area contributed by atoms with Gasteiger partial charge in [0.15, 0.2) is 0 Å². The van der Waals surface area contributed by atoms with E-state index in [0.29, 0.717) is 18.2 Å². The largest absolute Gasteiger partial charge is 0.373 e. The summed E-state index contributed by atoms with van der Waals surface area (Å²) in [6.45, 7) is 2.43. The molecule has 4 aliphatic rings. The molecule has 3 heteroatoms. The molecule has 0 spiro atoms. The Hall–Kier alpha value is -0.120. The molecule has 0 aromatic carbocycles. The molecule has 3 nitrogen and oxygen atoms in total. The number of nitrogens with zero attached hydrogens (tertiary/aromatic N) is 1. The van der Waals surface area contributed by atoms with Gasteiger partial charge in [-0.1, -0.05) is 32.1 Å². The number of piperazine rings is 1. The van der Waals surface area contributed by atoms with Gasteiger partial charge in [-0.15, -0.1) is 0 Å². The number of hydrogen-bond acceptors (Lipinski definition) is 3. The van der Waals surface area contributed by atoms with Gasteiger partial charge in [0.2, 0.25) is 0 Å². The van der Waals surface area contributed by atoms with Crippen molar-refractivity contribution in [1.82, 2.24) is 10.2 Å². The molecule has 3 saturated carbocycles. The first-order chi connectivity index (χ1) is 10.4. The zero-order valence-corrected chi connectivity index (χ0v) is 13.4. The highest BCUT2D eigenvalue weighted by atomic mass is 16.5. The third kappa shape index (κ3) is 3.02. The molecule has 1 N–H and O–H groups in total. The highest BCUT2D eigenvalue weighted by Gasteiger charge is 2.42. The van der Waals surface area contributed by atoms with E-state index in [9.17, 15) is 0 Å². The van der Waals surface area contributed by atoms with Gasteiger partial charge in [0, 0.05) is 31.2 Å². The normalized spacial score (nSPS) is 42.3. The van der Waals surface area contributed by atoms with E-state index in [1.165, 1.54) is 83.7 Å². The molecule has 4 fully saturated rings. The molecular formula is C18H32N2O. The van der Waals surface area contributed by atoms with Crippen LogP contribution in [-0.2, 0) is 4.74 Å². The second-order valence-electron chi connectivity index (χ2n) is 7.73. The summed E-state index contributed by atoms with van der Waals surface area (Å²) in [5, 5.41) is 3.76. The van der Waals surface area contributed by atoms with Crippen molar-refractivity contribution < 1.29 is 4.74 Å². The molecule has 0 aromatic heterocycles. The fraction of sp³-hybridized carbons (Fsp3) is 1.00. The lowest BCUT2D eigenvalue weighted by atomic mass is 9.88. The van der Waals surface area contributed by atoms with Gasteiger partial charge in [-0.3, -0.25) is 4.90 Å². The number of fused-ring (bicyclic) bond motifs is 1. The van der Waals surface area contributed by atoms with Crippen LogP contribution in [0.4, 0.5) is 0 Å². The zero-order valence-electron chi connectivity index (χ0n) is 13.4. The van der Waals surface area contributed by atoms with Gasteiger partial charge in [0.1, 0.15) is 0 Å². The summed E-state index contributed by atoms with van der Waals surface area (Å²) in [6.07, 6.45) is 16.2. The minimum atomic E-state index is 0.529. The van der Waals surface area contributed by atoms with E-state index in [-0.39, 0.29) is 0 Å². The van der Waals surface area contributed by atoms with Crippen molar-refractivity contribution in [2.45, 2.75) is 101 Å². The van der Waals surface area contributed by atoms with Crippen molar-refractivity contribution in [2.24, 2.45) is 0 Å². The maximum Gasteiger partial charge on any atom is 0.0734 e. The number of hydrogen-bond donors (Lipinski definition) is 1. The van der Waals surface area contributed by atoms with Crippen LogP contribution < -0.4 is 5.32 Å². The highest BCUT2D eigenvalue weighted by Crippen LogP contribution is 2.35. The molecule has 1 saturated heterocycles. The summed E-state index contributed by atoms with van der Waals surface area (Å²) in [5.74, 6) is 0. The van der Waals surface area contributed by atoms with Crippen molar-refractivity contribution in [2.75, 3.05) is 13.1 Å². The van der Waals surface area contributed by atoms with Crippen molar-refractivity contribution in [1.29, 1.82) is 0 Å². The topological polar surface area (TPSA) is 24.5 Å². The molecule has 0 bridgehead atoms. The Balaban J connectivity index is 1.44. The van der Waals surface area contributed by atoms with Crippen molar-refractivity contribution in [3.63, 3.8) is 0 Å². The maximum atomic E-state index is 6.60. The quantitative estimate of drug-likeness (QED) is 0.865. The van der Waals surface area contributed by atoms with Gasteiger partial charge in [-0.25, -0.2) is 0 Å². The van der Waals surface area contributed by atoms with E-state index < -0.39 is 0 Å². The molecule has 3 aliphatic carbocycles. The summed E-state index contributed by atoms with van der Waals surface area (Å²) in [4.78, 5) is 2.87. The van der Waals surface area contributed by atoms with Gasteiger partial charge >= 0.3 is 0 Å². The lowest BCUT2D eigenvalue weighted by Gasteiger charge is -2.47. The van der Waals surface area contributed by atoms with Crippen LogP contribution in [-0.4, -0.2) is 48.3 Å². The van der Waals surface area contributed by atoms with Gasteiger partial charge in [0.05, 0.1) is 12.2 Å².